The first-order chi connectivity index (χ1) is 11.1. The van der Waals surface area contributed by atoms with Crippen LogP contribution in [0.4, 0.5) is 0 Å². The van der Waals surface area contributed by atoms with Crippen molar-refractivity contribution in [1.82, 2.24) is 4.31 Å². The molecule has 1 N–H and O–H groups in total. The number of rotatable bonds is 4. The van der Waals surface area contributed by atoms with Crippen LogP contribution in [0.25, 0.3) is 0 Å². The Morgan fingerprint density at radius 1 is 0.957 bits per heavy atom. The van der Waals surface area contributed by atoms with Crippen molar-refractivity contribution in [3.8, 4) is 5.75 Å². The van der Waals surface area contributed by atoms with E-state index in [1.807, 2.05) is 18.2 Å². The zero-order valence-electron chi connectivity index (χ0n) is 12.9. The quantitative estimate of drug-likeness (QED) is 0.937. The van der Waals surface area contributed by atoms with Gasteiger partial charge in [-0.2, -0.15) is 4.31 Å². The van der Waals surface area contributed by atoms with Gasteiger partial charge in [-0.25, -0.2) is 8.42 Å². The van der Waals surface area contributed by atoms with Crippen LogP contribution in [0.15, 0.2) is 59.5 Å². The number of benzene rings is 2. The molecule has 0 aliphatic carbocycles. The van der Waals surface area contributed by atoms with Crippen molar-refractivity contribution in [2.45, 2.75) is 24.2 Å². The summed E-state index contributed by atoms with van der Waals surface area (Å²) in [7, 11) is -3.45. The average molecular weight is 331 g/mol. The van der Waals surface area contributed by atoms with Gasteiger partial charge in [-0.15, -0.1) is 0 Å². The lowest BCUT2D eigenvalue weighted by atomic mass is 9.91. The molecule has 3 rings (SSSR count). The molecule has 2 aromatic carbocycles. The van der Waals surface area contributed by atoms with Crippen molar-refractivity contribution >= 4 is 10.0 Å². The first kappa shape index (κ1) is 16.0. The molecule has 0 spiro atoms. The van der Waals surface area contributed by atoms with E-state index >= 15 is 0 Å². The molecule has 0 bridgehead atoms. The van der Waals surface area contributed by atoms with Gasteiger partial charge in [0.2, 0.25) is 10.0 Å². The number of hydrogen-bond acceptors (Lipinski definition) is 3. The minimum absolute atomic E-state index is 0.0746. The molecule has 122 valence electrons. The first-order valence-electron chi connectivity index (χ1n) is 7.89. The second kappa shape index (κ2) is 6.72. The van der Waals surface area contributed by atoms with Gasteiger partial charge in [-0.3, -0.25) is 0 Å². The second-order valence-corrected chi connectivity index (χ2v) is 7.97. The predicted octanol–water partition coefficient (Wildman–Crippen LogP) is 3.04. The monoisotopic (exact) mass is 331 g/mol. The molecule has 2 aromatic rings. The van der Waals surface area contributed by atoms with Gasteiger partial charge in [0, 0.05) is 13.1 Å². The normalized spacial score (nSPS) is 17.2. The van der Waals surface area contributed by atoms with E-state index < -0.39 is 10.0 Å². The highest BCUT2D eigenvalue weighted by molar-refractivity contribution is 7.89. The molecular formula is C18H21NO3S. The summed E-state index contributed by atoms with van der Waals surface area (Å²) in [5.41, 5.74) is 1.31. The van der Waals surface area contributed by atoms with Crippen molar-refractivity contribution < 1.29 is 13.5 Å². The van der Waals surface area contributed by atoms with E-state index in [2.05, 4.69) is 12.1 Å². The summed E-state index contributed by atoms with van der Waals surface area (Å²) in [4.78, 5) is 0.247. The lowest BCUT2D eigenvalue weighted by molar-refractivity contribution is 0.273. The van der Waals surface area contributed by atoms with Gasteiger partial charge in [0.1, 0.15) is 5.75 Å². The van der Waals surface area contributed by atoms with Gasteiger partial charge in [0.05, 0.1) is 4.90 Å². The molecular weight excluding hydrogens is 310 g/mol. The molecule has 0 saturated carbocycles. The van der Waals surface area contributed by atoms with Crippen molar-refractivity contribution in [2.75, 3.05) is 13.1 Å². The maximum atomic E-state index is 12.6. The Morgan fingerprint density at radius 2 is 1.57 bits per heavy atom. The van der Waals surface area contributed by atoms with Crippen LogP contribution in [0.5, 0.6) is 5.75 Å². The highest BCUT2D eigenvalue weighted by Crippen LogP contribution is 2.26. The summed E-state index contributed by atoms with van der Waals surface area (Å²) in [5.74, 6) is 0.606. The van der Waals surface area contributed by atoms with Gasteiger partial charge in [-0.1, -0.05) is 30.3 Å². The predicted molar refractivity (Wildman–Crippen MR) is 89.7 cm³/mol. The molecule has 0 unspecified atom stereocenters. The Hall–Kier alpha value is -1.85. The molecule has 23 heavy (non-hydrogen) atoms. The van der Waals surface area contributed by atoms with Gasteiger partial charge in [0.25, 0.3) is 0 Å². The molecule has 1 heterocycles. The summed E-state index contributed by atoms with van der Waals surface area (Å²) in [6.45, 7) is 1.11. The summed E-state index contributed by atoms with van der Waals surface area (Å²) in [6, 6.07) is 16.1. The Bertz CT molecular complexity index is 734. The van der Waals surface area contributed by atoms with E-state index in [9.17, 15) is 13.5 Å². The van der Waals surface area contributed by atoms with Crippen LogP contribution in [-0.2, 0) is 16.4 Å². The number of nitrogens with zero attached hydrogens (tertiary/aromatic N) is 1. The van der Waals surface area contributed by atoms with Crippen LogP contribution >= 0.6 is 0 Å². The summed E-state index contributed by atoms with van der Waals surface area (Å²) < 4.78 is 26.8. The van der Waals surface area contributed by atoms with Gasteiger partial charge >= 0.3 is 0 Å². The molecule has 1 fully saturated rings. The third-order valence-corrected chi connectivity index (χ3v) is 6.33. The van der Waals surface area contributed by atoms with Crippen molar-refractivity contribution in [3.63, 3.8) is 0 Å². The summed E-state index contributed by atoms with van der Waals surface area (Å²) >= 11 is 0. The van der Waals surface area contributed by atoms with Crippen LogP contribution in [-0.4, -0.2) is 30.9 Å². The maximum absolute atomic E-state index is 12.6. The van der Waals surface area contributed by atoms with Crippen molar-refractivity contribution in [1.29, 1.82) is 0 Å². The molecule has 1 saturated heterocycles. The van der Waals surface area contributed by atoms with E-state index in [1.165, 1.54) is 29.8 Å². The molecule has 0 radical (unpaired) electrons. The standard InChI is InChI=1S/C18H21NO3S/c20-17-6-8-18(9-7-17)23(21,22)19-12-10-16(11-13-19)14-15-4-2-1-3-5-15/h1-9,16,20H,10-14H2. The minimum atomic E-state index is -3.45. The maximum Gasteiger partial charge on any atom is 0.243 e. The fraction of sp³-hybridized carbons (Fsp3) is 0.333. The van der Waals surface area contributed by atoms with Gasteiger partial charge < -0.3 is 5.11 Å². The number of aromatic hydroxyl groups is 1. The van der Waals surface area contributed by atoms with Gasteiger partial charge in [-0.05, 0) is 55.0 Å². The van der Waals surface area contributed by atoms with Crippen LogP contribution in [0.1, 0.15) is 18.4 Å². The molecule has 5 heteroatoms. The molecule has 4 nitrogen and oxygen atoms in total. The molecule has 1 aliphatic rings. The minimum Gasteiger partial charge on any atom is -0.508 e. The van der Waals surface area contributed by atoms with E-state index in [1.54, 1.807) is 4.31 Å². The Labute approximate surface area is 137 Å². The number of piperidine rings is 1. The summed E-state index contributed by atoms with van der Waals surface area (Å²) in [5, 5.41) is 9.30. The van der Waals surface area contributed by atoms with E-state index in [4.69, 9.17) is 0 Å². The highest BCUT2D eigenvalue weighted by atomic mass is 32.2. The molecule has 0 aromatic heterocycles. The SMILES string of the molecule is O=S(=O)(c1ccc(O)cc1)N1CCC(Cc2ccccc2)CC1. The smallest absolute Gasteiger partial charge is 0.243 e. The lowest BCUT2D eigenvalue weighted by Crippen LogP contribution is -2.38. The fourth-order valence-corrected chi connectivity index (χ4v) is 4.54. The number of phenolic OH excluding ortho intramolecular Hbond substituents is 1. The van der Waals surface area contributed by atoms with Crippen molar-refractivity contribution in [2.24, 2.45) is 5.92 Å². The average Bonchev–Trinajstić information content (AvgIpc) is 2.57. The Balaban J connectivity index is 1.63. The third kappa shape index (κ3) is 3.74. The Kier molecular flexibility index (Phi) is 4.68. The number of hydrogen-bond donors (Lipinski definition) is 1. The van der Waals surface area contributed by atoms with E-state index in [0.717, 1.165) is 19.3 Å². The second-order valence-electron chi connectivity index (χ2n) is 6.03. The fourth-order valence-electron chi connectivity index (χ4n) is 3.07. The highest BCUT2D eigenvalue weighted by Gasteiger charge is 2.29. The van der Waals surface area contributed by atoms with Crippen LogP contribution in [0.3, 0.4) is 0 Å². The zero-order chi connectivity index (χ0) is 16.3. The number of sulfonamides is 1. The molecule has 0 amide bonds. The third-order valence-electron chi connectivity index (χ3n) is 4.42. The largest absolute Gasteiger partial charge is 0.508 e. The van der Waals surface area contributed by atoms with Crippen LogP contribution in [0.2, 0.25) is 0 Å². The topological polar surface area (TPSA) is 57.6 Å². The first-order valence-corrected chi connectivity index (χ1v) is 9.33. The van der Waals surface area contributed by atoms with Crippen LogP contribution < -0.4 is 0 Å². The van der Waals surface area contributed by atoms with E-state index in [-0.39, 0.29) is 10.6 Å². The van der Waals surface area contributed by atoms with E-state index in [0.29, 0.717) is 19.0 Å². The molecule has 0 atom stereocenters. The molecule has 1 aliphatic heterocycles. The number of phenols is 1. The zero-order valence-corrected chi connectivity index (χ0v) is 13.7. The van der Waals surface area contributed by atoms with Crippen LogP contribution in [0, 0.1) is 5.92 Å². The van der Waals surface area contributed by atoms with Gasteiger partial charge in [0.15, 0.2) is 0 Å². The Morgan fingerprint density at radius 3 is 2.17 bits per heavy atom. The van der Waals surface area contributed by atoms with Crippen molar-refractivity contribution in [3.05, 3.63) is 60.2 Å². The lowest BCUT2D eigenvalue weighted by Gasteiger charge is -2.31. The summed E-state index contributed by atoms with van der Waals surface area (Å²) in [6.07, 6.45) is 2.77.